The Labute approximate surface area is 110 Å². The molecule has 0 saturated carbocycles. The number of carbonyl (C=O) groups is 1. The van der Waals surface area contributed by atoms with Gasteiger partial charge in [0.1, 0.15) is 0 Å². The highest BCUT2D eigenvalue weighted by molar-refractivity contribution is 7.16. The number of likely N-dealkylation sites (tertiary alicyclic amines) is 1. The van der Waals surface area contributed by atoms with E-state index in [9.17, 15) is 4.79 Å². The number of amides is 1. The number of hydrogen-bond acceptors (Lipinski definition) is 4. The molecule has 1 aliphatic heterocycles. The Balaban J connectivity index is 2.20. The topological polar surface area (TPSA) is 72.3 Å². The zero-order chi connectivity index (χ0) is 12.4. The number of rotatable bonds is 4. The van der Waals surface area contributed by atoms with Crippen molar-refractivity contribution in [3.8, 4) is 0 Å². The first-order valence-corrected chi connectivity index (χ1v) is 6.83. The van der Waals surface area contributed by atoms with Crippen LogP contribution in [0.1, 0.15) is 23.8 Å². The Hall–Kier alpha value is -0.620. The molecule has 0 aliphatic carbocycles. The molecule has 2 atom stereocenters. The fourth-order valence-electron chi connectivity index (χ4n) is 2.39. The predicted octanol–water partition coefficient (Wildman–Crippen LogP) is 1.35. The third-order valence-corrected chi connectivity index (χ3v) is 4.50. The summed E-state index contributed by atoms with van der Waals surface area (Å²) in [5.74, 6) is -0.261. The van der Waals surface area contributed by atoms with Crippen molar-refractivity contribution < 1.29 is 4.79 Å². The molecule has 1 aromatic heterocycles. The lowest BCUT2D eigenvalue weighted by Crippen LogP contribution is -2.44. The summed E-state index contributed by atoms with van der Waals surface area (Å²) in [4.78, 5) is 14.6. The highest BCUT2D eigenvalue weighted by Gasteiger charge is 2.34. The van der Waals surface area contributed by atoms with E-state index in [4.69, 9.17) is 23.1 Å². The molecular weight excluding hydrogens is 258 g/mol. The minimum Gasteiger partial charge on any atom is -0.368 e. The first kappa shape index (κ1) is 12.8. The number of halogens is 1. The second-order valence-electron chi connectivity index (χ2n) is 4.19. The third-order valence-electron chi connectivity index (χ3n) is 3.17. The summed E-state index contributed by atoms with van der Waals surface area (Å²) in [6.45, 7) is 1.34. The molecule has 94 valence electrons. The zero-order valence-electron chi connectivity index (χ0n) is 9.43. The van der Waals surface area contributed by atoms with E-state index in [1.807, 2.05) is 12.1 Å². The van der Waals surface area contributed by atoms with E-state index in [0.29, 0.717) is 6.54 Å². The molecule has 1 fully saturated rings. The van der Waals surface area contributed by atoms with E-state index >= 15 is 0 Å². The minimum atomic E-state index is -0.261. The molecule has 6 heteroatoms. The van der Waals surface area contributed by atoms with Crippen LogP contribution in [0.4, 0.5) is 0 Å². The molecule has 0 aromatic carbocycles. The van der Waals surface area contributed by atoms with Gasteiger partial charge in [-0.15, -0.1) is 11.3 Å². The maximum Gasteiger partial charge on any atom is 0.234 e. The van der Waals surface area contributed by atoms with Gasteiger partial charge in [0.2, 0.25) is 5.91 Å². The number of nitrogens with zero attached hydrogens (tertiary/aromatic N) is 1. The lowest BCUT2D eigenvalue weighted by molar-refractivity contribution is -0.122. The number of thiophene rings is 1. The highest BCUT2D eigenvalue weighted by Crippen LogP contribution is 2.34. The van der Waals surface area contributed by atoms with Crippen LogP contribution in [0.25, 0.3) is 0 Å². The van der Waals surface area contributed by atoms with Gasteiger partial charge in [0.05, 0.1) is 16.4 Å². The van der Waals surface area contributed by atoms with Gasteiger partial charge < -0.3 is 11.5 Å². The molecular formula is C11H16ClN3OS. The van der Waals surface area contributed by atoms with Crippen molar-refractivity contribution in [1.29, 1.82) is 0 Å². The largest absolute Gasteiger partial charge is 0.368 e. The van der Waals surface area contributed by atoms with Crippen LogP contribution in [0.3, 0.4) is 0 Å². The van der Waals surface area contributed by atoms with Gasteiger partial charge in [-0.3, -0.25) is 9.69 Å². The van der Waals surface area contributed by atoms with Crippen LogP contribution in [0.5, 0.6) is 0 Å². The molecule has 0 spiro atoms. The number of hydrogen-bond donors (Lipinski definition) is 2. The van der Waals surface area contributed by atoms with Crippen molar-refractivity contribution in [3.63, 3.8) is 0 Å². The van der Waals surface area contributed by atoms with Gasteiger partial charge in [-0.25, -0.2) is 0 Å². The summed E-state index contributed by atoms with van der Waals surface area (Å²) >= 11 is 7.45. The summed E-state index contributed by atoms with van der Waals surface area (Å²) < 4.78 is 0.744. The summed E-state index contributed by atoms with van der Waals surface area (Å²) in [6, 6.07) is 3.69. The van der Waals surface area contributed by atoms with Crippen molar-refractivity contribution >= 4 is 28.8 Å². The Morgan fingerprint density at radius 3 is 2.94 bits per heavy atom. The Morgan fingerprint density at radius 2 is 2.41 bits per heavy atom. The van der Waals surface area contributed by atoms with E-state index in [1.165, 1.54) is 11.3 Å². The Kier molecular flexibility index (Phi) is 4.04. The van der Waals surface area contributed by atoms with Crippen LogP contribution in [-0.2, 0) is 4.79 Å². The van der Waals surface area contributed by atoms with Crippen molar-refractivity contribution in [2.24, 2.45) is 11.5 Å². The van der Waals surface area contributed by atoms with Gasteiger partial charge >= 0.3 is 0 Å². The van der Waals surface area contributed by atoms with Crippen LogP contribution < -0.4 is 11.5 Å². The van der Waals surface area contributed by atoms with Gasteiger partial charge in [-0.2, -0.15) is 0 Å². The van der Waals surface area contributed by atoms with Gasteiger partial charge in [0.25, 0.3) is 0 Å². The van der Waals surface area contributed by atoms with Crippen LogP contribution in [0.15, 0.2) is 12.1 Å². The predicted molar refractivity (Wildman–Crippen MR) is 70.0 cm³/mol. The van der Waals surface area contributed by atoms with Crippen molar-refractivity contribution in [1.82, 2.24) is 4.90 Å². The second kappa shape index (κ2) is 5.35. The van der Waals surface area contributed by atoms with Crippen LogP contribution in [0, 0.1) is 0 Å². The Morgan fingerprint density at radius 1 is 1.65 bits per heavy atom. The zero-order valence-corrected chi connectivity index (χ0v) is 11.0. The quantitative estimate of drug-likeness (QED) is 0.870. The maximum atomic E-state index is 11.4. The molecule has 1 amide bonds. The number of carbonyl (C=O) groups excluding carboxylic acids is 1. The van der Waals surface area contributed by atoms with Crippen LogP contribution in [-0.4, -0.2) is 29.9 Å². The molecule has 4 nitrogen and oxygen atoms in total. The molecule has 2 unspecified atom stereocenters. The van der Waals surface area contributed by atoms with E-state index < -0.39 is 0 Å². The van der Waals surface area contributed by atoms with Gasteiger partial charge in [0, 0.05) is 11.4 Å². The van der Waals surface area contributed by atoms with Gasteiger partial charge in [-0.05, 0) is 31.5 Å². The summed E-state index contributed by atoms with van der Waals surface area (Å²) in [7, 11) is 0. The smallest absolute Gasteiger partial charge is 0.234 e. The first-order valence-electron chi connectivity index (χ1n) is 5.64. The first-order chi connectivity index (χ1) is 8.13. The average Bonchev–Trinajstić information content (AvgIpc) is 2.89. The van der Waals surface area contributed by atoms with Crippen LogP contribution in [0.2, 0.25) is 4.34 Å². The standard InChI is InChI=1S/C11H16ClN3OS/c12-10-4-3-9(17-10)8(6-13)15-5-1-2-7(15)11(14)16/h3-4,7-8H,1-2,5-6,13H2,(H2,14,16). The molecule has 17 heavy (non-hydrogen) atoms. The third kappa shape index (κ3) is 2.63. The molecule has 0 radical (unpaired) electrons. The number of primary amides is 1. The molecule has 2 heterocycles. The monoisotopic (exact) mass is 273 g/mol. The lowest BCUT2D eigenvalue weighted by atomic mass is 10.1. The summed E-state index contributed by atoms with van der Waals surface area (Å²) in [5.41, 5.74) is 11.2. The SMILES string of the molecule is NCC(c1ccc(Cl)s1)N1CCCC1C(N)=O. The summed E-state index contributed by atoms with van der Waals surface area (Å²) in [6.07, 6.45) is 1.81. The maximum absolute atomic E-state index is 11.4. The molecule has 2 rings (SSSR count). The fourth-order valence-corrected chi connectivity index (χ4v) is 3.59. The minimum absolute atomic E-state index is 0.0486. The van der Waals surface area contributed by atoms with Crippen LogP contribution >= 0.6 is 22.9 Å². The fraction of sp³-hybridized carbons (Fsp3) is 0.545. The Bertz CT molecular complexity index is 409. The normalized spacial score (nSPS) is 22.8. The molecule has 0 bridgehead atoms. The van der Waals surface area contributed by atoms with E-state index in [-0.39, 0.29) is 18.0 Å². The second-order valence-corrected chi connectivity index (χ2v) is 5.94. The molecule has 1 saturated heterocycles. The van der Waals surface area contributed by atoms with Gasteiger partial charge in [0.15, 0.2) is 0 Å². The van der Waals surface area contributed by atoms with E-state index in [0.717, 1.165) is 28.6 Å². The van der Waals surface area contributed by atoms with Crippen molar-refractivity contribution in [2.45, 2.75) is 24.9 Å². The highest BCUT2D eigenvalue weighted by atomic mass is 35.5. The van der Waals surface area contributed by atoms with E-state index in [2.05, 4.69) is 4.90 Å². The average molecular weight is 274 g/mol. The molecule has 1 aliphatic rings. The van der Waals surface area contributed by atoms with Gasteiger partial charge in [-0.1, -0.05) is 11.6 Å². The summed E-state index contributed by atoms with van der Waals surface area (Å²) in [5, 5.41) is 0. The lowest BCUT2D eigenvalue weighted by Gasteiger charge is -2.29. The van der Waals surface area contributed by atoms with E-state index in [1.54, 1.807) is 0 Å². The number of nitrogens with two attached hydrogens (primary N) is 2. The van der Waals surface area contributed by atoms with Crippen molar-refractivity contribution in [2.75, 3.05) is 13.1 Å². The molecule has 1 aromatic rings. The van der Waals surface area contributed by atoms with Crippen molar-refractivity contribution in [3.05, 3.63) is 21.3 Å². The molecule has 4 N–H and O–H groups in total.